The minimum absolute atomic E-state index is 0.00849. The molecule has 0 saturated heterocycles. The highest BCUT2D eigenvalue weighted by atomic mass is 28.4. The van der Waals surface area contributed by atoms with Crippen molar-refractivity contribution < 1.29 is 33.0 Å². The minimum Gasteiger partial charge on any atom is -0.541 e. The number of ether oxygens (including phenoxy) is 2. The molecule has 9 heteroatoms. The third kappa shape index (κ3) is 10.6. The molecule has 50 heavy (non-hydrogen) atoms. The maximum atomic E-state index is 13.6. The van der Waals surface area contributed by atoms with Crippen molar-refractivity contribution in [2.75, 3.05) is 14.2 Å². The lowest BCUT2D eigenvalue weighted by Gasteiger charge is -2.36. The summed E-state index contributed by atoms with van der Waals surface area (Å²) >= 11 is 0. The van der Waals surface area contributed by atoms with Gasteiger partial charge in [-0.2, -0.15) is 0 Å². The van der Waals surface area contributed by atoms with Gasteiger partial charge in [0.2, 0.25) is 0 Å². The Morgan fingerprint density at radius 2 is 1.08 bits per heavy atom. The van der Waals surface area contributed by atoms with Gasteiger partial charge in [-0.25, -0.2) is 0 Å². The second kappa shape index (κ2) is 16.5. The van der Waals surface area contributed by atoms with Crippen molar-refractivity contribution in [2.45, 2.75) is 77.8 Å². The summed E-state index contributed by atoms with van der Waals surface area (Å²) < 4.78 is 24.2. The summed E-state index contributed by atoms with van der Waals surface area (Å²) in [4.78, 5) is 26.3. The van der Waals surface area contributed by atoms with Crippen LogP contribution in [0.15, 0.2) is 72.0 Å². The highest BCUT2D eigenvalue weighted by Gasteiger charge is 2.40. The zero-order chi connectivity index (χ0) is 37.5. The quantitative estimate of drug-likeness (QED) is 0.0902. The van der Waals surface area contributed by atoms with Crippen LogP contribution < -0.4 is 18.3 Å². The van der Waals surface area contributed by atoms with Crippen LogP contribution in [0.5, 0.6) is 23.0 Å². The summed E-state index contributed by atoms with van der Waals surface area (Å²) in [5.41, 5.74) is 1.38. The van der Waals surface area contributed by atoms with E-state index in [-0.39, 0.29) is 27.2 Å². The number of hydrogen-bond acceptors (Lipinski definition) is 7. The number of hydrogen-bond donors (Lipinski definition) is 1. The molecule has 1 aliphatic carbocycles. The molecule has 0 aliphatic heterocycles. The number of aliphatic hydroxyl groups is 1. The van der Waals surface area contributed by atoms with Crippen molar-refractivity contribution in [3.63, 3.8) is 0 Å². The summed E-state index contributed by atoms with van der Waals surface area (Å²) in [5, 5.41) is 11.2. The number of aliphatic hydroxyl groups excluding tert-OH is 1. The number of carbonyl (C=O) groups excluding carboxylic acids is 2. The molecule has 0 aromatic heterocycles. The molecule has 1 saturated carbocycles. The third-order valence-electron chi connectivity index (χ3n) is 9.47. The number of rotatable bonds is 14. The van der Waals surface area contributed by atoms with Crippen molar-refractivity contribution in [1.82, 2.24) is 0 Å². The van der Waals surface area contributed by atoms with E-state index in [9.17, 15) is 14.7 Å². The van der Waals surface area contributed by atoms with Gasteiger partial charge in [0.05, 0.1) is 25.7 Å². The molecule has 0 atom stereocenters. The predicted octanol–water partition coefficient (Wildman–Crippen LogP) is 10.1. The Kier molecular flexibility index (Phi) is 13.4. The molecule has 1 fully saturated rings. The molecule has 7 nitrogen and oxygen atoms in total. The van der Waals surface area contributed by atoms with Gasteiger partial charge in [-0.3, -0.25) is 9.59 Å². The van der Waals surface area contributed by atoms with E-state index in [0.717, 1.165) is 5.56 Å². The van der Waals surface area contributed by atoms with Crippen LogP contribution >= 0.6 is 0 Å². The molecular formula is C41H53O7Si2. The first-order valence-electron chi connectivity index (χ1n) is 16.7. The van der Waals surface area contributed by atoms with E-state index in [1.807, 2.05) is 30.3 Å². The minimum atomic E-state index is -2.11. The molecule has 3 rings (SSSR count). The molecule has 0 unspecified atom stereocenters. The Balaban J connectivity index is 1.93. The fourth-order valence-corrected chi connectivity index (χ4v) is 6.26. The van der Waals surface area contributed by atoms with Crippen LogP contribution in [0.2, 0.25) is 36.3 Å². The third-order valence-corrected chi connectivity index (χ3v) is 18.2. The lowest BCUT2D eigenvalue weighted by Crippen LogP contribution is -2.43. The van der Waals surface area contributed by atoms with Crippen LogP contribution in [-0.2, 0) is 9.59 Å². The zero-order valence-electron chi connectivity index (χ0n) is 31.6. The Bertz CT molecular complexity index is 1640. The normalized spacial score (nSPS) is 15.5. The van der Waals surface area contributed by atoms with E-state index in [1.165, 1.54) is 24.3 Å². The molecule has 0 heterocycles. The average Bonchev–Trinajstić information content (AvgIpc) is 3.58. The Morgan fingerprint density at radius 3 is 1.50 bits per heavy atom. The lowest BCUT2D eigenvalue weighted by atomic mass is 10.00. The Hall–Kier alpha value is -3.83. The van der Waals surface area contributed by atoms with Crippen molar-refractivity contribution in [1.29, 1.82) is 0 Å². The first-order chi connectivity index (χ1) is 23.2. The first-order valence-corrected chi connectivity index (χ1v) is 22.5. The zero-order valence-corrected chi connectivity index (χ0v) is 33.6. The monoisotopic (exact) mass is 713 g/mol. The fourth-order valence-electron chi connectivity index (χ4n) is 4.21. The van der Waals surface area contributed by atoms with Crippen molar-refractivity contribution >= 4 is 40.4 Å². The van der Waals surface area contributed by atoms with E-state index in [1.54, 1.807) is 58.1 Å². The number of allylic oxidation sites excluding steroid dienone is 5. The fraction of sp³-hybridized carbons (Fsp3) is 0.341. The summed E-state index contributed by atoms with van der Waals surface area (Å²) in [5.74, 6) is 1.83. The van der Waals surface area contributed by atoms with Gasteiger partial charge in [-0.15, -0.1) is 0 Å². The van der Waals surface area contributed by atoms with Gasteiger partial charge in [-0.05, 0) is 122 Å². The number of methoxy groups -OCH3 is 2. The molecule has 1 N–H and O–H groups in total. The van der Waals surface area contributed by atoms with Crippen molar-refractivity contribution in [3.8, 4) is 23.0 Å². The first kappa shape index (κ1) is 40.6. The van der Waals surface area contributed by atoms with Gasteiger partial charge < -0.3 is 23.4 Å². The van der Waals surface area contributed by atoms with Gasteiger partial charge in [-0.1, -0.05) is 65.8 Å². The number of benzene rings is 2. The van der Waals surface area contributed by atoms with Crippen molar-refractivity contribution in [2.24, 2.45) is 0 Å². The van der Waals surface area contributed by atoms with Crippen LogP contribution in [0.3, 0.4) is 0 Å². The molecule has 0 spiro atoms. The second-order valence-electron chi connectivity index (χ2n) is 15.2. The molecule has 0 amide bonds. The maximum absolute atomic E-state index is 13.6. The summed E-state index contributed by atoms with van der Waals surface area (Å²) in [6, 6.07) is 11.0. The second-order valence-corrected chi connectivity index (χ2v) is 24.7. The topological polar surface area (TPSA) is 91.3 Å². The van der Waals surface area contributed by atoms with Crippen LogP contribution in [-0.4, -0.2) is 47.5 Å². The van der Waals surface area contributed by atoms with Crippen LogP contribution in [0, 0.1) is 31.6 Å². The predicted molar refractivity (Wildman–Crippen MR) is 209 cm³/mol. The van der Waals surface area contributed by atoms with Gasteiger partial charge in [0, 0.05) is 0 Å². The summed E-state index contributed by atoms with van der Waals surface area (Å²) in [6.07, 6.45) is 15.6. The van der Waals surface area contributed by atoms with Gasteiger partial charge in [0.1, 0.15) is 17.3 Å². The molecule has 267 valence electrons. The molecule has 0 bridgehead atoms. The molecular weight excluding hydrogens is 661 g/mol. The molecule has 2 aromatic rings. The van der Waals surface area contributed by atoms with Gasteiger partial charge in [0.25, 0.3) is 16.6 Å². The van der Waals surface area contributed by atoms with E-state index in [0.29, 0.717) is 34.5 Å². The highest BCUT2D eigenvalue weighted by molar-refractivity contribution is 6.75. The Labute approximate surface area is 302 Å². The van der Waals surface area contributed by atoms with Gasteiger partial charge in [0.15, 0.2) is 23.1 Å². The van der Waals surface area contributed by atoms with E-state index in [4.69, 9.17) is 18.3 Å². The number of carbonyl (C=O) groups is 2. The van der Waals surface area contributed by atoms with Crippen LogP contribution in [0.4, 0.5) is 0 Å². The lowest BCUT2D eigenvalue weighted by molar-refractivity contribution is -0.112. The average molecular weight is 714 g/mol. The van der Waals surface area contributed by atoms with Crippen molar-refractivity contribution in [3.05, 3.63) is 115 Å². The summed E-state index contributed by atoms with van der Waals surface area (Å²) in [6.45, 7) is 21.7. The van der Waals surface area contributed by atoms with E-state index < -0.39 is 22.4 Å². The van der Waals surface area contributed by atoms with E-state index in [2.05, 4.69) is 67.7 Å². The Morgan fingerprint density at radius 1 is 0.640 bits per heavy atom. The smallest absolute Gasteiger partial charge is 0.250 e. The van der Waals surface area contributed by atoms with Crippen LogP contribution in [0.25, 0.3) is 12.2 Å². The molecule has 2 aromatic carbocycles. The summed E-state index contributed by atoms with van der Waals surface area (Å²) in [7, 11) is -1.05. The SMILES string of the molecule is COc1cc(/C=C/C(=O)C(/C=C/C(=O)[C]2[CH][CH][CH][CH]2)=C(O)/C=C/c2ccc(O[Si](C)(C)C(C)(C)C)c(OC)c2)ccc1O[Si](C)(C)C(C)(C)C. The van der Waals surface area contributed by atoms with E-state index >= 15 is 0 Å². The van der Waals surface area contributed by atoms with Gasteiger partial charge >= 0.3 is 0 Å². The highest BCUT2D eigenvalue weighted by Crippen LogP contribution is 2.41. The number of ketones is 2. The standard InChI is InChI=1S/C41H53O7Si2/c1-40(2,3)49(9,10)47-36-25-19-29(27-38(36)45-7)17-22-34(43)32(21-24-33(42)31-15-13-14-16-31)35(44)23-18-30-20-26-37(39(28-30)46-8)48-50(11,12)41(4,5)6/h13-28,43H,1-12H3/b22-17+,23-18+,24-21+,34-32-. The maximum Gasteiger partial charge on any atom is 0.250 e. The molecule has 5 radical (unpaired) electrons. The van der Waals surface area contributed by atoms with Crippen LogP contribution in [0.1, 0.15) is 52.7 Å². The molecule has 1 aliphatic rings. The largest absolute Gasteiger partial charge is 0.541 e.